The minimum Gasteiger partial charge on any atom is -0.497 e. The predicted molar refractivity (Wildman–Crippen MR) is 127 cm³/mol. The van der Waals surface area contributed by atoms with E-state index in [0.29, 0.717) is 17.9 Å². The normalized spacial score (nSPS) is 37.6. The number of carbonyl (C=O) groups excluding carboxylic acids is 1. The highest BCUT2D eigenvalue weighted by Gasteiger charge is 2.55. The molecule has 0 bridgehead atoms. The van der Waals surface area contributed by atoms with Gasteiger partial charge < -0.3 is 14.4 Å². The molecule has 2 heterocycles. The quantitative estimate of drug-likeness (QED) is 0.511. The number of piperazine rings is 1. The van der Waals surface area contributed by atoms with Gasteiger partial charge >= 0.3 is 5.97 Å². The first-order valence-corrected chi connectivity index (χ1v) is 12.4. The maximum atomic E-state index is 12.9. The molecule has 1 aromatic rings. The van der Waals surface area contributed by atoms with Crippen molar-refractivity contribution < 1.29 is 14.3 Å². The molecule has 2 aliphatic carbocycles. The van der Waals surface area contributed by atoms with E-state index >= 15 is 0 Å². The lowest BCUT2D eigenvalue weighted by Crippen LogP contribution is -2.54. The van der Waals surface area contributed by atoms with E-state index in [1.54, 1.807) is 7.11 Å². The van der Waals surface area contributed by atoms with Gasteiger partial charge in [0.05, 0.1) is 13.0 Å². The van der Waals surface area contributed by atoms with Crippen LogP contribution in [0.15, 0.2) is 36.4 Å². The summed E-state index contributed by atoms with van der Waals surface area (Å²) in [5.41, 5.74) is 2.92. The molecule has 5 rings (SSSR count). The maximum Gasteiger partial charge on any atom is 0.310 e. The SMILES string of the molecule is C=C1CCC[C@]2(C)C[C@H]3OC(=O)[C@@H](CN4CCN(c5ccc(OC)cc5)[C@H](C)C4)[C@H]3C[C@H]12. The summed E-state index contributed by atoms with van der Waals surface area (Å²) in [6.45, 7) is 12.9. The lowest BCUT2D eigenvalue weighted by atomic mass is 9.55. The number of nitrogens with zero attached hydrogens (tertiary/aromatic N) is 2. The first kappa shape index (κ1) is 21.8. The Balaban J connectivity index is 1.24. The molecule has 0 aromatic heterocycles. The number of methoxy groups -OCH3 is 1. The van der Waals surface area contributed by atoms with Gasteiger partial charge in [-0.3, -0.25) is 9.69 Å². The largest absolute Gasteiger partial charge is 0.497 e. The van der Waals surface area contributed by atoms with Crippen molar-refractivity contribution in [1.29, 1.82) is 0 Å². The lowest BCUT2D eigenvalue weighted by Gasteiger charge is -2.50. The Morgan fingerprint density at radius 2 is 2.03 bits per heavy atom. The molecule has 2 saturated carbocycles. The van der Waals surface area contributed by atoms with Gasteiger partial charge in [-0.1, -0.05) is 19.1 Å². The second-order valence-corrected chi connectivity index (χ2v) is 10.9. The Bertz CT molecular complexity index is 868. The van der Waals surface area contributed by atoms with Crippen LogP contribution in [-0.4, -0.2) is 56.3 Å². The number of carbonyl (C=O) groups is 1. The summed E-state index contributed by atoms with van der Waals surface area (Å²) in [6.07, 6.45) is 5.84. The number of allylic oxidation sites excluding steroid dienone is 1. The van der Waals surface area contributed by atoms with Crippen molar-refractivity contribution in [2.75, 3.05) is 38.2 Å². The average Bonchev–Trinajstić information content (AvgIpc) is 3.06. The molecule has 4 fully saturated rings. The van der Waals surface area contributed by atoms with E-state index in [-0.39, 0.29) is 23.4 Å². The van der Waals surface area contributed by atoms with E-state index in [2.05, 4.69) is 42.4 Å². The Hall–Kier alpha value is -2.01. The van der Waals surface area contributed by atoms with E-state index in [9.17, 15) is 4.79 Å². The van der Waals surface area contributed by atoms with Crippen LogP contribution in [0.3, 0.4) is 0 Å². The number of ether oxygens (including phenoxy) is 2. The molecule has 0 spiro atoms. The van der Waals surface area contributed by atoms with Gasteiger partial charge in [0.1, 0.15) is 11.9 Å². The van der Waals surface area contributed by atoms with Gasteiger partial charge in [-0.25, -0.2) is 0 Å². The lowest BCUT2D eigenvalue weighted by molar-refractivity contribution is -0.146. The maximum absolute atomic E-state index is 12.9. The van der Waals surface area contributed by atoms with Crippen LogP contribution in [0.5, 0.6) is 5.75 Å². The van der Waals surface area contributed by atoms with Crippen LogP contribution in [-0.2, 0) is 9.53 Å². The zero-order valence-corrected chi connectivity index (χ0v) is 19.9. The third kappa shape index (κ3) is 3.83. The Morgan fingerprint density at radius 1 is 1.25 bits per heavy atom. The molecule has 6 atom stereocenters. The standard InChI is InChI=1S/C27H38N2O3/c1-18-6-5-11-27(3)15-25-22(14-24(18)27)23(26(30)32-25)17-28-12-13-29(19(2)16-28)20-7-9-21(31-4)10-8-20/h7-10,19,22-25H,1,5-6,11-17H2,2-4H3/t19-,22-,23+,24-,25-,27-/m1/s1. The first-order valence-electron chi connectivity index (χ1n) is 12.4. The molecule has 0 amide bonds. The second kappa shape index (κ2) is 8.40. The molecule has 0 radical (unpaired) electrons. The van der Waals surface area contributed by atoms with Crippen LogP contribution in [0, 0.1) is 23.2 Å². The Morgan fingerprint density at radius 3 is 2.75 bits per heavy atom. The summed E-state index contributed by atoms with van der Waals surface area (Å²) in [7, 11) is 1.70. The van der Waals surface area contributed by atoms with E-state index in [1.807, 2.05) is 12.1 Å². The van der Waals surface area contributed by atoms with Crippen molar-refractivity contribution in [2.24, 2.45) is 23.2 Å². The van der Waals surface area contributed by atoms with Crippen LogP contribution >= 0.6 is 0 Å². The minimum atomic E-state index is 0.0130. The highest BCUT2D eigenvalue weighted by atomic mass is 16.6. The summed E-state index contributed by atoms with van der Waals surface area (Å²) < 4.78 is 11.3. The van der Waals surface area contributed by atoms with Gasteiger partial charge in [-0.15, -0.1) is 0 Å². The Kier molecular flexibility index (Phi) is 5.73. The van der Waals surface area contributed by atoms with E-state index in [4.69, 9.17) is 9.47 Å². The molecule has 1 aromatic carbocycles. The third-order valence-electron chi connectivity index (χ3n) is 8.89. The molecular weight excluding hydrogens is 400 g/mol. The van der Waals surface area contributed by atoms with Gasteiger partial charge in [0, 0.05) is 43.8 Å². The van der Waals surface area contributed by atoms with Crippen molar-refractivity contribution in [3.05, 3.63) is 36.4 Å². The number of hydrogen-bond acceptors (Lipinski definition) is 5. The fourth-order valence-corrected chi connectivity index (χ4v) is 7.10. The van der Waals surface area contributed by atoms with E-state index < -0.39 is 0 Å². The van der Waals surface area contributed by atoms with Crippen LogP contribution in [0.25, 0.3) is 0 Å². The van der Waals surface area contributed by atoms with Crippen molar-refractivity contribution in [2.45, 2.75) is 58.1 Å². The van der Waals surface area contributed by atoms with Gasteiger partial charge in [-0.2, -0.15) is 0 Å². The average molecular weight is 439 g/mol. The highest BCUT2D eigenvalue weighted by Crippen LogP contribution is 2.57. The smallest absolute Gasteiger partial charge is 0.310 e. The number of esters is 1. The van der Waals surface area contributed by atoms with Gasteiger partial charge in [0.25, 0.3) is 0 Å². The van der Waals surface area contributed by atoms with Crippen molar-refractivity contribution >= 4 is 11.7 Å². The molecule has 32 heavy (non-hydrogen) atoms. The fraction of sp³-hybridized carbons (Fsp3) is 0.667. The zero-order chi connectivity index (χ0) is 22.5. The van der Waals surface area contributed by atoms with Gasteiger partial charge in [0.2, 0.25) is 0 Å². The van der Waals surface area contributed by atoms with Gasteiger partial charge in [0.15, 0.2) is 0 Å². The topological polar surface area (TPSA) is 42.0 Å². The molecular formula is C27H38N2O3. The molecule has 0 unspecified atom stereocenters. The second-order valence-electron chi connectivity index (χ2n) is 10.9. The van der Waals surface area contributed by atoms with Crippen molar-refractivity contribution in [3.63, 3.8) is 0 Å². The number of fused-ring (bicyclic) bond motifs is 2. The molecule has 5 heteroatoms. The molecule has 174 valence electrons. The third-order valence-corrected chi connectivity index (χ3v) is 8.89. The van der Waals surface area contributed by atoms with Crippen LogP contribution in [0.4, 0.5) is 5.69 Å². The van der Waals surface area contributed by atoms with E-state index in [1.165, 1.54) is 24.1 Å². The van der Waals surface area contributed by atoms with Crippen molar-refractivity contribution in [1.82, 2.24) is 4.90 Å². The fourth-order valence-electron chi connectivity index (χ4n) is 7.10. The van der Waals surface area contributed by atoms with Crippen LogP contribution < -0.4 is 9.64 Å². The molecule has 4 aliphatic rings. The van der Waals surface area contributed by atoms with Gasteiger partial charge in [-0.05, 0) is 74.6 Å². The summed E-state index contributed by atoms with van der Waals surface area (Å²) >= 11 is 0. The molecule has 2 aliphatic heterocycles. The zero-order valence-electron chi connectivity index (χ0n) is 19.9. The van der Waals surface area contributed by atoms with Crippen LogP contribution in [0.2, 0.25) is 0 Å². The number of rotatable bonds is 4. The number of benzene rings is 1. The van der Waals surface area contributed by atoms with Crippen molar-refractivity contribution in [3.8, 4) is 5.75 Å². The molecule has 5 nitrogen and oxygen atoms in total. The molecule has 0 N–H and O–H groups in total. The number of hydrogen-bond donors (Lipinski definition) is 0. The first-order chi connectivity index (χ1) is 15.4. The van der Waals surface area contributed by atoms with E-state index in [0.717, 1.165) is 51.2 Å². The molecule has 2 saturated heterocycles. The van der Waals surface area contributed by atoms with Crippen LogP contribution in [0.1, 0.15) is 46.0 Å². The predicted octanol–water partition coefficient (Wildman–Crippen LogP) is 4.52. The monoisotopic (exact) mass is 438 g/mol. The summed E-state index contributed by atoms with van der Waals surface area (Å²) in [5, 5.41) is 0. The Labute approximate surface area is 192 Å². The number of anilines is 1. The highest BCUT2D eigenvalue weighted by molar-refractivity contribution is 5.75. The minimum absolute atomic E-state index is 0.0130. The summed E-state index contributed by atoms with van der Waals surface area (Å²) in [4.78, 5) is 17.9. The summed E-state index contributed by atoms with van der Waals surface area (Å²) in [6, 6.07) is 8.73. The summed E-state index contributed by atoms with van der Waals surface area (Å²) in [5.74, 6) is 1.85.